The van der Waals surface area contributed by atoms with Gasteiger partial charge in [0.2, 0.25) is 0 Å². The maximum absolute atomic E-state index is 12.3. The number of carbonyl (C=O) groups excluding carboxylic acids is 1. The fourth-order valence-electron chi connectivity index (χ4n) is 3.12. The first-order valence-corrected chi connectivity index (χ1v) is 8.31. The van der Waals surface area contributed by atoms with Crippen LogP contribution in [0.2, 0.25) is 0 Å². The number of carbonyl (C=O) groups is 1. The average molecular weight is 337 g/mol. The van der Waals surface area contributed by atoms with Gasteiger partial charge in [-0.3, -0.25) is 15.0 Å². The van der Waals surface area contributed by atoms with E-state index in [0.717, 1.165) is 43.3 Å². The van der Waals surface area contributed by atoms with Crippen LogP contribution in [0.25, 0.3) is 0 Å². The van der Waals surface area contributed by atoms with Gasteiger partial charge < -0.3 is 10.2 Å². The van der Waals surface area contributed by atoms with Crippen molar-refractivity contribution in [2.24, 2.45) is 0 Å². The first kappa shape index (κ1) is 15.4. The lowest BCUT2D eigenvalue weighted by Gasteiger charge is -2.31. The fraction of sp³-hybridized carbons (Fsp3) is 0.294. The van der Waals surface area contributed by atoms with E-state index in [1.165, 1.54) is 0 Å². The Balaban J connectivity index is 1.36. The topological polar surface area (TPSA) is 103 Å². The smallest absolute Gasteiger partial charge is 0.271 e. The van der Waals surface area contributed by atoms with Crippen molar-refractivity contribution in [3.05, 3.63) is 54.1 Å². The van der Waals surface area contributed by atoms with Gasteiger partial charge in [-0.1, -0.05) is 6.07 Å². The molecule has 0 radical (unpaired) electrons. The summed E-state index contributed by atoms with van der Waals surface area (Å²) in [5.74, 6) is 1.90. The van der Waals surface area contributed by atoms with Crippen molar-refractivity contribution in [2.45, 2.75) is 18.8 Å². The summed E-state index contributed by atoms with van der Waals surface area (Å²) >= 11 is 0. The molecule has 1 amide bonds. The quantitative estimate of drug-likeness (QED) is 0.678. The molecule has 8 nitrogen and oxygen atoms in total. The van der Waals surface area contributed by atoms with Crippen LogP contribution in [0.4, 0.5) is 11.6 Å². The first-order chi connectivity index (χ1) is 12.3. The average Bonchev–Trinajstić information content (AvgIpc) is 3.34. The number of aromatic amines is 2. The number of likely N-dealkylation sites (tertiary alicyclic amines) is 1. The third kappa shape index (κ3) is 3.37. The molecule has 0 saturated carbocycles. The molecule has 0 bridgehead atoms. The molecule has 0 aromatic carbocycles. The van der Waals surface area contributed by atoms with E-state index in [4.69, 9.17) is 0 Å². The van der Waals surface area contributed by atoms with Crippen LogP contribution in [0.5, 0.6) is 0 Å². The zero-order valence-corrected chi connectivity index (χ0v) is 13.6. The largest absolute Gasteiger partial charge is 0.337 e. The third-order valence-corrected chi connectivity index (χ3v) is 4.47. The number of pyridine rings is 1. The Bertz CT molecular complexity index is 820. The van der Waals surface area contributed by atoms with Gasteiger partial charge in [-0.05, 0) is 31.0 Å². The van der Waals surface area contributed by atoms with Gasteiger partial charge in [-0.2, -0.15) is 10.2 Å². The molecule has 1 saturated heterocycles. The van der Waals surface area contributed by atoms with Crippen LogP contribution in [0.15, 0.2) is 42.7 Å². The van der Waals surface area contributed by atoms with Gasteiger partial charge in [-0.25, -0.2) is 4.98 Å². The third-order valence-electron chi connectivity index (χ3n) is 4.47. The van der Waals surface area contributed by atoms with E-state index < -0.39 is 0 Å². The summed E-state index contributed by atoms with van der Waals surface area (Å²) in [6.45, 7) is 1.45. The minimum Gasteiger partial charge on any atom is -0.337 e. The summed E-state index contributed by atoms with van der Waals surface area (Å²) in [7, 11) is 0. The lowest BCUT2D eigenvalue weighted by atomic mass is 9.93. The summed E-state index contributed by atoms with van der Waals surface area (Å²) in [4.78, 5) is 18.4. The van der Waals surface area contributed by atoms with E-state index in [9.17, 15) is 4.79 Å². The Morgan fingerprint density at radius 3 is 2.72 bits per heavy atom. The van der Waals surface area contributed by atoms with Crippen LogP contribution < -0.4 is 5.32 Å². The van der Waals surface area contributed by atoms with Crippen molar-refractivity contribution in [2.75, 3.05) is 18.4 Å². The minimum atomic E-state index is 0.0121. The molecule has 4 heterocycles. The highest BCUT2D eigenvalue weighted by Gasteiger charge is 2.26. The Morgan fingerprint density at radius 2 is 2.00 bits per heavy atom. The van der Waals surface area contributed by atoms with Gasteiger partial charge in [0, 0.05) is 43.2 Å². The van der Waals surface area contributed by atoms with E-state index in [-0.39, 0.29) is 5.91 Å². The van der Waals surface area contributed by atoms with Crippen LogP contribution in [0.1, 0.15) is 34.9 Å². The van der Waals surface area contributed by atoms with E-state index in [0.29, 0.717) is 11.6 Å². The number of nitrogens with zero attached hydrogens (tertiary/aromatic N) is 4. The molecule has 3 aromatic rings. The molecule has 0 spiro atoms. The molecule has 0 atom stereocenters. The van der Waals surface area contributed by atoms with Crippen molar-refractivity contribution in [3.8, 4) is 0 Å². The molecule has 128 valence electrons. The van der Waals surface area contributed by atoms with Crippen LogP contribution in [-0.2, 0) is 0 Å². The summed E-state index contributed by atoms with van der Waals surface area (Å²) in [5.41, 5.74) is 1.63. The summed E-state index contributed by atoms with van der Waals surface area (Å²) in [5, 5.41) is 17.2. The van der Waals surface area contributed by atoms with Gasteiger partial charge in [0.05, 0.1) is 0 Å². The minimum absolute atomic E-state index is 0.0121. The fourth-order valence-corrected chi connectivity index (χ4v) is 3.12. The predicted molar refractivity (Wildman–Crippen MR) is 92.6 cm³/mol. The van der Waals surface area contributed by atoms with Gasteiger partial charge in [0.1, 0.15) is 11.5 Å². The molecule has 4 rings (SSSR count). The Hall–Kier alpha value is -3.16. The molecule has 3 aromatic heterocycles. The molecule has 0 unspecified atom stereocenters. The number of hydrogen-bond acceptors (Lipinski definition) is 5. The van der Waals surface area contributed by atoms with Gasteiger partial charge >= 0.3 is 0 Å². The molecule has 25 heavy (non-hydrogen) atoms. The van der Waals surface area contributed by atoms with Gasteiger partial charge in [0.25, 0.3) is 5.91 Å². The summed E-state index contributed by atoms with van der Waals surface area (Å²) in [6, 6.07) is 9.42. The standard InChI is InChI=1S/C17H19N7O/c25-17(13-4-8-19-21-13)24-9-5-12(6-10-24)14-11-16(23-22-14)20-15-3-1-2-7-18-15/h1-4,7-8,11-12H,5-6,9-10H2,(H,19,21)(H2,18,20,22,23). The van der Waals surface area contributed by atoms with E-state index in [1.807, 2.05) is 29.2 Å². The van der Waals surface area contributed by atoms with Crippen molar-refractivity contribution in [3.63, 3.8) is 0 Å². The second-order valence-corrected chi connectivity index (χ2v) is 6.09. The molecule has 1 aliphatic rings. The van der Waals surface area contributed by atoms with E-state index in [2.05, 4.69) is 30.7 Å². The highest BCUT2D eigenvalue weighted by molar-refractivity contribution is 5.92. The first-order valence-electron chi connectivity index (χ1n) is 8.31. The van der Waals surface area contributed by atoms with E-state index >= 15 is 0 Å². The van der Waals surface area contributed by atoms with Crippen molar-refractivity contribution in [1.29, 1.82) is 0 Å². The molecule has 0 aliphatic carbocycles. The summed E-state index contributed by atoms with van der Waals surface area (Å²) in [6.07, 6.45) is 5.15. The maximum Gasteiger partial charge on any atom is 0.271 e. The second kappa shape index (κ2) is 6.76. The SMILES string of the molecule is O=C(c1ccn[nH]1)N1CCC(c2cc(Nc3ccccn3)n[nH]2)CC1. The maximum atomic E-state index is 12.3. The molecule has 1 aliphatic heterocycles. The normalized spacial score (nSPS) is 15.3. The van der Waals surface area contributed by atoms with E-state index in [1.54, 1.807) is 18.5 Å². The number of hydrogen-bond donors (Lipinski definition) is 3. The van der Waals surface area contributed by atoms with Gasteiger partial charge in [0.15, 0.2) is 5.82 Å². The molecule has 8 heteroatoms. The summed E-state index contributed by atoms with van der Waals surface area (Å²) < 4.78 is 0. The van der Waals surface area contributed by atoms with Crippen LogP contribution >= 0.6 is 0 Å². The number of anilines is 2. The predicted octanol–water partition coefficient (Wildman–Crippen LogP) is 2.29. The molecule has 3 N–H and O–H groups in total. The molecule has 1 fully saturated rings. The Labute approximate surface area is 144 Å². The monoisotopic (exact) mass is 337 g/mol. The number of rotatable bonds is 4. The lowest BCUT2D eigenvalue weighted by molar-refractivity contribution is 0.0706. The van der Waals surface area contributed by atoms with Crippen molar-refractivity contribution in [1.82, 2.24) is 30.3 Å². The zero-order chi connectivity index (χ0) is 17.1. The van der Waals surface area contributed by atoms with Gasteiger partial charge in [-0.15, -0.1) is 0 Å². The molecular formula is C17H19N7O. The Kier molecular flexibility index (Phi) is 4.16. The van der Waals surface area contributed by atoms with Crippen molar-refractivity contribution >= 4 is 17.5 Å². The Morgan fingerprint density at radius 1 is 1.12 bits per heavy atom. The highest BCUT2D eigenvalue weighted by atomic mass is 16.2. The number of nitrogens with one attached hydrogen (secondary N) is 3. The number of piperidine rings is 1. The lowest BCUT2D eigenvalue weighted by Crippen LogP contribution is -2.38. The van der Waals surface area contributed by atoms with Crippen LogP contribution in [-0.4, -0.2) is 49.3 Å². The molecular weight excluding hydrogens is 318 g/mol. The number of H-pyrrole nitrogens is 2. The number of amides is 1. The number of aromatic nitrogens is 5. The second-order valence-electron chi connectivity index (χ2n) is 6.09. The van der Waals surface area contributed by atoms with Crippen LogP contribution in [0, 0.1) is 0 Å². The highest BCUT2D eigenvalue weighted by Crippen LogP contribution is 2.28. The van der Waals surface area contributed by atoms with Crippen LogP contribution in [0.3, 0.4) is 0 Å². The van der Waals surface area contributed by atoms with Crippen molar-refractivity contribution < 1.29 is 4.79 Å². The zero-order valence-electron chi connectivity index (χ0n) is 13.6.